The number of carbonyl (C=O) groups excluding carboxylic acids is 1. The first kappa shape index (κ1) is 10.4. The van der Waals surface area contributed by atoms with E-state index >= 15 is 0 Å². The molecule has 11 heavy (non-hydrogen) atoms. The second-order valence-corrected chi connectivity index (χ2v) is 2.93. The third-order valence-corrected chi connectivity index (χ3v) is 1.64. The van der Waals surface area contributed by atoms with E-state index in [-0.39, 0.29) is 11.9 Å². The third-order valence-electron chi connectivity index (χ3n) is 1.64. The first-order valence-electron chi connectivity index (χ1n) is 3.82. The van der Waals surface area contributed by atoms with Crippen LogP contribution in [-0.4, -0.2) is 24.3 Å². The molecular formula is C8H16O3. The van der Waals surface area contributed by atoms with Crippen LogP contribution < -0.4 is 0 Å². The molecule has 0 amide bonds. The second kappa shape index (κ2) is 5.13. The van der Waals surface area contributed by atoms with Crippen LogP contribution in [0.25, 0.3) is 0 Å². The van der Waals surface area contributed by atoms with E-state index < -0.39 is 6.10 Å². The lowest BCUT2D eigenvalue weighted by Gasteiger charge is -2.12. The third kappa shape index (κ3) is 4.79. The van der Waals surface area contributed by atoms with Crippen LogP contribution in [0.2, 0.25) is 0 Å². The highest BCUT2D eigenvalue weighted by Crippen LogP contribution is 2.07. The van der Waals surface area contributed by atoms with Crippen molar-refractivity contribution >= 4 is 5.97 Å². The smallest absolute Gasteiger partial charge is 0.305 e. The highest BCUT2D eigenvalue weighted by atomic mass is 16.5. The van der Waals surface area contributed by atoms with Crippen molar-refractivity contribution in [3.63, 3.8) is 0 Å². The monoisotopic (exact) mass is 160 g/mol. The van der Waals surface area contributed by atoms with Gasteiger partial charge in [0, 0.05) is 6.42 Å². The molecule has 0 aliphatic carbocycles. The van der Waals surface area contributed by atoms with E-state index in [1.807, 2.05) is 13.8 Å². The molecule has 0 saturated carbocycles. The van der Waals surface area contributed by atoms with E-state index in [2.05, 4.69) is 4.74 Å². The number of aliphatic hydroxyl groups excluding tert-OH is 1. The molecule has 0 aliphatic heterocycles. The molecule has 66 valence electrons. The molecular weight excluding hydrogens is 144 g/mol. The van der Waals surface area contributed by atoms with Crippen molar-refractivity contribution in [3.05, 3.63) is 0 Å². The summed E-state index contributed by atoms with van der Waals surface area (Å²) in [5.74, 6) is -0.0515. The lowest BCUT2D eigenvalue weighted by molar-refractivity contribution is -0.141. The van der Waals surface area contributed by atoms with Gasteiger partial charge in [0.25, 0.3) is 0 Å². The molecule has 0 bridgehead atoms. The number of aliphatic hydroxyl groups is 1. The van der Waals surface area contributed by atoms with Gasteiger partial charge in [-0.05, 0) is 12.3 Å². The maximum absolute atomic E-state index is 10.6. The van der Waals surface area contributed by atoms with Gasteiger partial charge in [-0.3, -0.25) is 4.79 Å². The van der Waals surface area contributed by atoms with Crippen molar-refractivity contribution in [1.82, 2.24) is 0 Å². The van der Waals surface area contributed by atoms with Crippen molar-refractivity contribution < 1.29 is 14.6 Å². The molecule has 0 aliphatic rings. The van der Waals surface area contributed by atoms with Crippen LogP contribution >= 0.6 is 0 Å². The van der Waals surface area contributed by atoms with Crippen LogP contribution in [0.4, 0.5) is 0 Å². The van der Waals surface area contributed by atoms with Crippen LogP contribution in [0, 0.1) is 5.92 Å². The zero-order valence-electron chi connectivity index (χ0n) is 7.33. The number of rotatable bonds is 4. The Bertz CT molecular complexity index is 121. The summed E-state index contributed by atoms with van der Waals surface area (Å²) in [6.07, 6.45) is 0.397. The molecule has 0 radical (unpaired) electrons. The zero-order valence-corrected chi connectivity index (χ0v) is 7.33. The number of methoxy groups -OCH3 is 1. The van der Waals surface area contributed by atoms with E-state index in [1.165, 1.54) is 7.11 Å². The van der Waals surface area contributed by atoms with Crippen molar-refractivity contribution in [2.45, 2.75) is 32.8 Å². The van der Waals surface area contributed by atoms with Crippen LogP contribution in [0.15, 0.2) is 0 Å². The van der Waals surface area contributed by atoms with Crippen molar-refractivity contribution in [2.24, 2.45) is 5.92 Å². The first-order chi connectivity index (χ1) is 5.07. The Labute approximate surface area is 67.4 Å². The topological polar surface area (TPSA) is 46.5 Å². The Hall–Kier alpha value is -0.570. The van der Waals surface area contributed by atoms with Gasteiger partial charge >= 0.3 is 5.97 Å². The Balaban J connectivity index is 3.45. The second-order valence-electron chi connectivity index (χ2n) is 2.93. The fourth-order valence-corrected chi connectivity index (χ4v) is 0.701. The van der Waals surface area contributed by atoms with Gasteiger partial charge in [-0.2, -0.15) is 0 Å². The van der Waals surface area contributed by atoms with Gasteiger partial charge in [0.2, 0.25) is 0 Å². The van der Waals surface area contributed by atoms with Gasteiger partial charge in [0.15, 0.2) is 0 Å². The van der Waals surface area contributed by atoms with Crippen molar-refractivity contribution in [2.75, 3.05) is 7.11 Å². The first-order valence-corrected chi connectivity index (χ1v) is 3.82. The average Bonchev–Trinajstić information content (AvgIpc) is 1.99. The highest BCUT2D eigenvalue weighted by molar-refractivity contribution is 5.69. The maximum Gasteiger partial charge on any atom is 0.305 e. The molecule has 1 atom stereocenters. The van der Waals surface area contributed by atoms with Gasteiger partial charge in [0.1, 0.15) is 0 Å². The largest absolute Gasteiger partial charge is 0.469 e. The van der Waals surface area contributed by atoms with Crippen molar-refractivity contribution in [1.29, 1.82) is 0 Å². The minimum atomic E-state index is -0.394. The Morgan fingerprint density at radius 3 is 2.45 bits per heavy atom. The number of esters is 1. The summed E-state index contributed by atoms with van der Waals surface area (Å²) in [7, 11) is 1.35. The van der Waals surface area contributed by atoms with Gasteiger partial charge in [-0.15, -0.1) is 0 Å². The minimum absolute atomic E-state index is 0.208. The van der Waals surface area contributed by atoms with E-state index in [4.69, 9.17) is 0 Å². The molecule has 0 spiro atoms. The van der Waals surface area contributed by atoms with Gasteiger partial charge in [-0.1, -0.05) is 13.8 Å². The van der Waals surface area contributed by atoms with Crippen LogP contribution in [-0.2, 0) is 9.53 Å². The van der Waals surface area contributed by atoms with Crippen LogP contribution in [0.1, 0.15) is 26.7 Å². The Kier molecular flexibility index (Phi) is 4.86. The summed E-state index contributed by atoms with van der Waals surface area (Å²) < 4.78 is 4.43. The fraction of sp³-hybridized carbons (Fsp3) is 0.875. The number of hydrogen-bond acceptors (Lipinski definition) is 3. The molecule has 0 saturated heterocycles. The summed E-state index contributed by atoms with van der Waals surface area (Å²) in [5, 5.41) is 9.26. The molecule has 0 unspecified atom stereocenters. The molecule has 1 N–H and O–H groups in total. The number of hydrogen-bond donors (Lipinski definition) is 1. The maximum atomic E-state index is 10.6. The van der Waals surface area contributed by atoms with Crippen molar-refractivity contribution in [3.8, 4) is 0 Å². The highest BCUT2D eigenvalue weighted by Gasteiger charge is 2.11. The van der Waals surface area contributed by atoms with Gasteiger partial charge in [0.05, 0.1) is 13.2 Å². The van der Waals surface area contributed by atoms with Gasteiger partial charge in [-0.25, -0.2) is 0 Å². The minimum Gasteiger partial charge on any atom is -0.469 e. The summed E-state index contributed by atoms with van der Waals surface area (Å²) >= 11 is 0. The molecule has 0 fully saturated rings. The van der Waals surface area contributed by atoms with E-state index in [0.29, 0.717) is 12.8 Å². The predicted molar refractivity (Wildman–Crippen MR) is 42.1 cm³/mol. The lowest BCUT2D eigenvalue weighted by Crippen LogP contribution is -2.16. The lowest BCUT2D eigenvalue weighted by atomic mass is 10.0. The SMILES string of the molecule is COC(=O)CC[C@H](O)C(C)C. The van der Waals surface area contributed by atoms with E-state index in [0.717, 1.165) is 0 Å². The summed E-state index contributed by atoms with van der Waals surface area (Å²) in [6.45, 7) is 3.84. The van der Waals surface area contributed by atoms with Crippen LogP contribution in [0.3, 0.4) is 0 Å². The Morgan fingerprint density at radius 2 is 2.09 bits per heavy atom. The standard InChI is InChI=1S/C8H16O3/c1-6(2)7(9)4-5-8(10)11-3/h6-7,9H,4-5H2,1-3H3/t7-/m0/s1. The molecule has 0 aromatic carbocycles. The summed E-state index contributed by atoms with van der Waals surface area (Å²) in [4.78, 5) is 10.6. The normalized spacial score (nSPS) is 13.2. The molecule has 0 aromatic rings. The van der Waals surface area contributed by atoms with Crippen LogP contribution in [0.5, 0.6) is 0 Å². The quantitative estimate of drug-likeness (QED) is 0.623. The fourth-order valence-electron chi connectivity index (χ4n) is 0.701. The average molecular weight is 160 g/mol. The number of carbonyl (C=O) groups is 1. The molecule has 0 rings (SSSR count). The predicted octanol–water partition coefficient (Wildman–Crippen LogP) is 0.956. The summed E-state index contributed by atoms with van der Waals surface area (Å²) in [6, 6.07) is 0. The van der Waals surface area contributed by atoms with Gasteiger partial charge < -0.3 is 9.84 Å². The zero-order chi connectivity index (χ0) is 8.85. The molecule has 3 heteroatoms. The molecule has 3 nitrogen and oxygen atoms in total. The van der Waals surface area contributed by atoms with E-state index in [1.54, 1.807) is 0 Å². The summed E-state index contributed by atoms with van der Waals surface area (Å²) in [5.41, 5.74) is 0. The Morgan fingerprint density at radius 1 is 1.55 bits per heavy atom. The number of ether oxygens (including phenoxy) is 1. The van der Waals surface area contributed by atoms with E-state index in [9.17, 15) is 9.90 Å². The molecule has 0 aromatic heterocycles. The molecule has 0 heterocycles.